The van der Waals surface area contributed by atoms with Crippen molar-refractivity contribution in [3.63, 3.8) is 0 Å². The molecular weight excluding hydrogens is 300 g/mol. The molecule has 0 aliphatic rings. The summed E-state index contributed by atoms with van der Waals surface area (Å²) in [6, 6.07) is 13.0. The van der Waals surface area contributed by atoms with Crippen LogP contribution in [0.3, 0.4) is 0 Å². The zero-order chi connectivity index (χ0) is 13.7. The molecule has 1 N–H and O–H groups in total. The summed E-state index contributed by atoms with van der Waals surface area (Å²) in [5.41, 5.74) is 3.72. The number of aryl methyl sites for hydroxylation is 1. The molecule has 1 aromatic heterocycles. The van der Waals surface area contributed by atoms with E-state index >= 15 is 0 Å². The second kappa shape index (κ2) is 6.83. The number of benzene rings is 1. The topological polar surface area (TPSA) is 24.9 Å². The van der Waals surface area contributed by atoms with Gasteiger partial charge in [-0.25, -0.2) is 0 Å². The van der Waals surface area contributed by atoms with Crippen molar-refractivity contribution < 1.29 is 0 Å². The molecule has 1 heterocycles. The van der Waals surface area contributed by atoms with Crippen molar-refractivity contribution in [2.24, 2.45) is 0 Å². The van der Waals surface area contributed by atoms with Gasteiger partial charge in [0.05, 0.1) is 5.69 Å². The minimum atomic E-state index is 0.433. The van der Waals surface area contributed by atoms with Gasteiger partial charge in [0.1, 0.15) is 0 Å². The van der Waals surface area contributed by atoms with Crippen molar-refractivity contribution in [2.75, 3.05) is 0 Å². The van der Waals surface area contributed by atoms with Crippen LogP contribution in [0.1, 0.15) is 23.7 Å². The van der Waals surface area contributed by atoms with E-state index in [-0.39, 0.29) is 0 Å². The van der Waals surface area contributed by atoms with Crippen LogP contribution in [0.25, 0.3) is 0 Å². The summed E-state index contributed by atoms with van der Waals surface area (Å²) in [7, 11) is 0. The molecule has 3 heteroatoms. The normalized spacial score (nSPS) is 12.4. The Balaban J connectivity index is 1.86. The van der Waals surface area contributed by atoms with Gasteiger partial charge in [0.2, 0.25) is 0 Å². The number of rotatable bonds is 5. The predicted molar refractivity (Wildman–Crippen MR) is 83.1 cm³/mol. The monoisotopic (exact) mass is 318 g/mol. The average molecular weight is 319 g/mol. The van der Waals surface area contributed by atoms with E-state index in [2.05, 4.69) is 70.4 Å². The molecule has 0 saturated carbocycles. The zero-order valence-corrected chi connectivity index (χ0v) is 12.9. The van der Waals surface area contributed by atoms with E-state index in [0.717, 1.165) is 23.1 Å². The fraction of sp³-hybridized carbons (Fsp3) is 0.312. The van der Waals surface area contributed by atoms with Gasteiger partial charge in [-0.1, -0.05) is 34.1 Å². The first-order chi connectivity index (χ1) is 9.15. The Morgan fingerprint density at radius 3 is 2.63 bits per heavy atom. The Morgan fingerprint density at radius 1 is 1.21 bits per heavy atom. The molecule has 0 radical (unpaired) electrons. The first kappa shape index (κ1) is 14.2. The van der Waals surface area contributed by atoms with Gasteiger partial charge < -0.3 is 5.32 Å². The van der Waals surface area contributed by atoms with E-state index in [1.807, 2.05) is 12.3 Å². The Hall–Kier alpha value is -1.19. The molecular formula is C16H19BrN2. The molecule has 0 bridgehead atoms. The number of pyridine rings is 1. The molecule has 0 saturated heterocycles. The van der Waals surface area contributed by atoms with Crippen LogP contribution in [0.15, 0.2) is 47.1 Å². The smallest absolute Gasteiger partial charge is 0.0570 e. The van der Waals surface area contributed by atoms with Crippen LogP contribution < -0.4 is 5.32 Å². The van der Waals surface area contributed by atoms with Crippen LogP contribution in [-0.4, -0.2) is 11.0 Å². The lowest BCUT2D eigenvalue weighted by molar-refractivity contribution is 0.539. The largest absolute Gasteiger partial charge is 0.308 e. The molecule has 0 aliphatic carbocycles. The van der Waals surface area contributed by atoms with E-state index in [1.165, 1.54) is 11.1 Å². The van der Waals surface area contributed by atoms with Gasteiger partial charge in [-0.15, -0.1) is 0 Å². The Kier molecular flexibility index (Phi) is 5.11. The molecule has 2 aromatic rings. The third kappa shape index (κ3) is 4.44. The third-order valence-corrected chi connectivity index (χ3v) is 3.72. The van der Waals surface area contributed by atoms with Crippen molar-refractivity contribution in [3.8, 4) is 0 Å². The molecule has 0 fully saturated rings. The highest BCUT2D eigenvalue weighted by atomic mass is 79.9. The van der Waals surface area contributed by atoms with Crippen molar-refractivity contribution in [3.05, 3.63) is 63.9 Å². The molecule has 0 amide bonds. The van der Waals surface area contributed by atoms with E-state index in [9.17, 15) is 0 Å². The number of halogens is 1. The molecule has 0 spiro atoms. The Labute approximate surface area is 123 Å². The van der Waals surface area contributed by atoms with Gasteiger partial charge in [0, 0.05) is 23.3 Å². The number of nitrogens with one attached hydrogen (secondary N) is 1. The van der Waals surface area contributed by atoms with Crippen LogP contribution in [0.4, 0.5) is 0 Å². The summed E-state index contributed by atoms with van der Waals surface area (Å²) in [4.78, 5) is 4.40. The quantitative estimate of drug-likeness (QED) is 0.905. The highest BCUT2D eigenvalue weighted by molar-refractivity contribution is 9.10. The summed E-state index contributed by atoms with van der Waals surface area (Å²) in [5.74, 6) is 0. The first-order valence-electron chi connectivity index (χ1n) is 6.53. The fourth-order valence-electron chi connectivity index (χ4n) is 2.02. The highest BCUT2D eigenvalue weighted by Crippen LogP contribution is 2.12. The standard InChI is InChI=1S/C16H19BrN2/c1-12-4-3-9-18-16(12)11-19-13(2)10-14-5-7-15(17)8-6-14/h3-9,13,19H,10-11H2,1-2H3. The van der Waals surface area contributed by atoms with E-state index in [4.69, 9.17) is 0 Å². The van der Waals surface area contributed by atoms with Gasteiger partial charge in [-0.3, -0.25) is 4.98 Å². The third-order valence-electron chi connectivity index (χ3n) is 3.19. The lowest BCUT2D eigenvalue weighted by Crippen LogP contribution is -2.28. The zero-order valence-electron chi connectivity index (χ0n) is 11.4. The summed E-state index contributed by atoms with van der Waals surface area (Å²) in [5, 5.41) is 3.53. The number of hydrogen-bond donors (Lipinski definition) is 1. The summed E-state index contributed by atoms with van der Waals surface area (Å²) in [6.07, 6.45) is 2.88. The fourth-order valence-corrected chi connectivity index (χ4v) is 2.28. The van der Waals surface area contributed by atoms with Gasteiger partial charge in [0.25, 0.3) is 0 Å². The second-order valence-corrected chi connectivity index (χ2v) is 5.80. The maximum atomic E-state index is 4.40. The van der Waals surface area contributed by atoms with Gasteiger partial charge in [-0.2, -0.15) is 0 Å². The summed E-state index contributed by atoms with van der Waals surface area (Å²) >= 11 is 3.46. The van der Waals surface area contributed by atoms with Crippen LogP contribution in [0.5, 0.6) is 0 Å². The first-order valence-corrected chi connectivity index (χ1v) is 7.33. The van der Waals surface area contributed by atoms with Crippen molar-refractivity contribution in [1.82, 2.24) is 10.3 Å². The SMILES string of the molecule is Cc1cccnc1CNC(C)Cc1ccc(Br)cc1. The maximum absolute atomic E-state index is 4.40. The van der Waals surface area contributed by atoms with Gasteiger partial charge in [0.15, 0.2) is 0 Å². The molecule has 2 rings (SSSR count). The number of aromatic nitrogens is 1. The lowest BCUT2D eigenvalue weighted by atomic mass is 10.1. The number of hydrogen-bond acceptors (Lipinski definition) is 2. The molecule has 2 nitrogen and oxygen atoms in total. The van der Waals surface area contributed by atoms with Crippen molar-refractivity contribution in [1.29, 1.82) is 0 Å². The van der Waals surface area contributed by atoms with Crippen LogP contribution >= 0.6 is 15.9 Å². The van der Waals surface area contributed by atoms with Gasteiger partial charge in [-0.05, 0) is 49.6 Å². The van der Waals surface area contributed by atoms with Crippen molar-refractivity contribution in [2.45, 2.75) is 32.9 Å². The Bertz CT molecular complexity index is 523. The minimum absolute atomic E-state index is 0.433. The molecule has 19 heavy (non-hydrogen) atoms. The maximum Gasteiger partial charge on any atom is 0.0570 e. The van der Waals surface area contributed by atoms with Crippen molar-refractivity contribution >= 4 is 15.9 Å². The molecule has 1 atom stereocenters. The van der Waals surface area contributed by atoms with Crippen LogP contribution in [0.2, 0.25) is 0 Å². The Morgan fingerprint density at radius 2 is 1.95 bits per heavy atom. The average Bonchev–Trinajstić information content (AvgIpc) is 2.40. The molecule has 0 aliphatic heterocycles. The van der Waals surface area contributed by atoms with E-state index in [0.29, 0.717) is 6.04 Å². The molecule has 1 aromatic carbocycles. The number of nitrogens with zero attached hydrogens (tertiary/aromatic N) is 1. The summed E-state index contributed by atoms with van der Waals surface area (Å²) in [6.45, 7) is 5.13. The molecule has 1 unspecified atom stereocenters. The molecule has 100 valence electrons. The van der Waals surface area contributed by atoms with Crippen LogP contribution in [-0.2, 0) is 13.0 Å². The second-order valence-electron chi connectivity index (χ2n) is 4.88. The predicted octanol–water partition coefficient (Wildman–Crippen LogP) is 3.87. The van der Waals surface area contributed by atoms with Gasteiger partial charge >= 0.3 is 0 Å². The van der Waals surface area contributed by atoms with Crippen LogP contribution in [0, 0.1) is 6.92 Å². The minimum Gasteiger partial charge on any atom is -0.308 e. The lowest BCUT2D eigenvalue weighted by Gasteiger charge is -2.14. The summed E-state index contributed by atoms with van der Waals surface area (Å²) < 4.78 is 1.13. The van der Waals surface area contributed by atoms with E-state index in [1.54, 1.807) is 0 Å². The van der Waals surface area contributed by atoms with E-state index < -0.39 is 0 Å². The highest BCUT2D eigenvalue weighted by Gasteiger charge is 2.05.